The molecule has 1 saturated carbocycles. The Labute approximate surface area is 155 Å². The molecule has 2 N–H and O–H groups in total. The molecule has 0 spiro atoms. The van der Waals surface area contributed by atoms with Gasteiger partial charge < -0.3 is 14.9 Å². The lowest BCUT2D eigenvalue weighted by molar-refractivity contribution is -0.112. The average Bonchev–Trinajstić information content (AvgIpc) is 2.78. The van der Waals surface area contributed by atoms with Crippen molar-refractivity contribution in [2.75, 3.05) is 0 Å². The van der Waals surface area contributed by atoms with E-state index in [1.165, 1.54) is 17.7 Å². The first-order valence-corrected chi connectivity index (χ1v) is 9.54. The summed E-state index contributed by atoms with van der Waals surface area (Å²) < 4.78 is 5.97. The molecule has 2 aliphatic rings. The molecule has 2 unspecified atom stereocenters. The van der Waals surface area contributed by atoms with Crippen LogP contribution in [0, 0.1) is 17.3 Å². The van der Waals surface area contributed by atoms with E-state index >= 15 is 0 Å². The molecule has 0 heterocycles. The van der Waals surface area contributed by atoms with Crippen molar-refractivity contribution in [1.82, 2.24) is 0 Å². The molecule has 3 rings (SSSR count). The Balaban J connectivity index is 1.92. The van der Waals surface area contributed by atoms with Crippen LogP contribution in [0.1, 0.15) is 63.7 Å². The predicted octanol–water partition coefficient (Wildman–Crippen LogP) is 4.46. The summed E-state index contributed by atoms with van der Waals surface area (Å²) >= 11 is 0. The Morgan fingerprint density at radius 1 is 1.23 bits per heavy atom. The highest BCUT2D eigenvalue weighted by atomic mass is 16.5. The highest BCUT2D eigenvalue weighted by Gasteiger charge is 2.59. The Hall–Kier alpha value is -1.81. The fraction of sp³-hybridized carbons (Fsp3) is 0.591. The molecule has 1 fully saturated rings. The van der Waals surface area contributed by atoms with Crippen LogP contribution in [0.4, 0.5) is 0 Å². The summed E-state index contributed by atoms with van der Waals surface area (Å²) in [6, 6.07) is 6.11. The molecule has 0 amide bonds. The van der Waals surface area contributed by atoms with E-state index in [9.17, 15) is 15.0 Å². The molecule has 1 aromatic rings. The second-order valence-corrected chi connectivity index (χ2v) is 8.73. The van der Waals surface area contributed by atoms with E-state index in [2.05, 4.69) is 33.8 Å². The maximum atomic E-state index is 12.7. The molecule has 2 aliphatic carbocycles. The van der Waals surface area contributed by atoms with Gasteiger partial charge in [0, 0.05) is 12.3 Å². The monoisotopic (exact) mass is 358 g/mol. The lowest BCUT2D eigenvalue weighted by Crippen LogP contribution is -2.50. The summed E-state index contributed by atoms with van der Waals surface area (Å²) in [4.78, 5) is 12.7. The van der Waals surface area contributed by atoms with Gasteiger partial charge in [0.05, 0.1) is 11.2 Å². The first-order chi connectivity index (χ1) is 12.2. The van der Waals surface area contributed by atoms with Crippen molar-refractivity contribution in [2.24, 2.45) is 17.3 Å². The molecule has 4 nitrogen and oxygen atoms in total. The van der Waals surface area contributed by atoms with Crippen LogP contribution in [0.3, 0.4) is 0 Å². The minimum absolute atomic E-state index is 0.0727. The van der Waals surface area contributed by atoms with Crippen molar-refractivity contribution < 1.29 is 19.7 Å². The van der Waals surface area contributed by atoms with Gasteiger partial charge in [-0.2, -0.15) is 0 Å². The molecule has 4 atom stereocenters. The Bertz CT molecular complexity index is 705. The van der Waals surface area contributed by atoms with Crippen LogP contribution in [-0.2, 0) is 4.74 Å². The summed E-state index contributed by atoms with van der Waals surface area (Å²) in [5.74, 6) is -0.273. The molecule has 0 aromatic heterocycles. The average molecular weight is 358 g/mol. The number of aliphatic hydroxyl groups is 1. The van der Waals surface area contributed by atoms with E-state index in [1.54, 1.807) is 12.1 Å². The van der Waals surface area contributed by atoms with Crippen LogP contribution in [0.15, 0.2) is 35.9 Å². The third-order valence-corrected chi connectivity index (χ3v) is 6.56. The highest BCUT2D eigenvalue weighted by Crippen LogP contribution is 2.58. The van der Waals surface area contributed by atoms with Crippen LogP contribution in [0.25, 0.3) is 0 Å². The number of fused-ring (bicyclic) bond motifs is 1. The summed E-state index contributed by atoms with van der Waals surface area (Å²) in [7, 11) is 0. The largest absolute Gasteiger partial charge is 0.508 e. The lowest BCUT2D eigenvalue weighted by Gasteiger charge is -2.43. The van der Waals surface area contributed by atoms with Gasteiger partial charge in [0.25, 0.3) is 0 Å². The van der Waals surface area contributed by atoms with Crippen molar-refractivity contribution in [1.29, 1.82) is 0 Å². The molecule has 4 heteroatoms. The van der Waals surface area contributed by atoms with Crippen molar-refractivity contribution in [3.8, 4) is 5.75 Å². The number of phenolic OH excluding ortho intramolecular Hbond substituents is 1. The number of hydrogen-bond acceptors (Lipinski definition) is 4. The number of benzene rings is 1. The fourth-order valence-corrected chi connectivity index (χ4v) is 4.89. The zero-order valence-corrected chi connectivity index (χ0v) is 16.2. The van der Waals surface area contributed by atoms with Crippen molar-refractivity contribution in [2.45, 2.75) is 65.1 Å². The maximum Gasteiger partial charge on any atom is 0.338 e. The van der Waals surface area contributed by atoms with Crippen LogP contribution in [-0.4, -0.2) is 27.9 Å². The van der Waals surface area contributed by atoms with Crippen molar-refractivity contribution in [3.05, 3.63) is 41.5 Å². The normalized spacial score (nSPS) is 34.2. The molecule has 26 heavy (non-hydrogen) atoms. The lowest BCUT2D eigenvalue weighted by atomic mass is 9.67. The number of esters is 1. The van der Waals surface area contributed by atoms with E-state index in [-0.39, 0.29) is 29.1 Å². The van der Waals surface area contributed by atoms with E-state index < -0.39 is 11.6 Å². The second-order valence-electron chi connectivity index (χ2n) is 8.73. The van der Waals surface area contributed by atoms with Gasteiger partial charge in [0.2, 0.25) is 0 Å². The van der Waals surface area contributed by atoms with Gasteiger partial charge in [0.15, 0.2) is 0 Å². The molecule has 0 bridgehead atoms. The summed E-state index contributed by atoms with van der Waals surface area (Å²) in [5.41, 5.74) is 0.723. The zero-order chi connectivity index (χ0) is 19.1. The Morgan fingerprint density at radius 2 is 1.88 bits per heavy atom. The Morgan fingerprint density at radius 3 is 2.50 bits per heavy atom. The van der Waals surface area contributed by atoms with Gasteiger partial charge in [-0.05, 0) is 61.8 Å². The summed E-state index contributed by atoms with van der Waals surface area (Å²) in [6.45, 7) is 8.39. The minimum atomic E-state index is -0.826. The maximum absolute atomic E-state index is 12.7. The van der Waals surface area contributed by atoms with E-state index in [0.29, 0.717) is 12.0 Å². The van der Waals surface area contributed by atoms with Gasteiger partial charge in [-0.3, -0.25) is 0 Å². The molecule has 0 radical (unpaired) electrons. The van der Waals surface area contributed by atoms with E-state index in [0.717, 1.165) is 19.3 Å². The number of allylic oxidation sites excluding steroid dienone is 1. The van der Waals surface area contributed by atoms with Crippen LogP contribution < -0.4 is 0 Å². The zero-order valence-electron chi connectivity index (χ0n) is 16.2. The van der Waals surface area contributed by atoms with Crippen LogP contribution in [0.2, 0.25) is 0 Å². The first kappa shape index (κ1) is 19.0. The van der Waals surface area contributed by atoms with E-state index in [1.807, 2.05) is 0 Å². The third kappa shape index (κ3) is 3.27. The van der Waals surface area contributed by atoms with Gasteiger partial charge in [-0.1, -0.05) is 32.4 Å². The van der Waals surface area contributed by atoms with Crippen LogP contribution in [0.5, 0.6) is 5.75 Å². The smallest absolute Gasteiger partial charge is 0.338 e. The number of phenols is 1. The number of rotatable bonds is 3. The first-order valence-electron chi connectivity index (χ1n) is 9.54. The molecular weight excluding hydrogens is 328 g/mol. The van der Waals surface area contributed by atoms with Gasteiger partial charge in [-0.25, -0.2) is 4.79 Å². The summed E-state index contributed by atoms with van der Waals surface area (Å²) in [5, 5.41) is 20.9. The third-order valence-electron chi connectivity index (χ3n) is 6.56. The quantitative estimate of drug-likeness (QED) is 0.618. The molecule has 0 saturated heterocycles. The molecular formula is C22H30O4. The molecule has 142 valence electrons. The van der Waals surface area contributed by atoms with Crippen LogP contribution >= 0.6 is 0 Å². The number of carbonyl (C=O) groups is 1. The van der Waals surface area contributed by atoms with Crippen molar-refractivity contribution >= 4 is 5.97 Å². The number of carbonyl (C=O) groups excluding carboxylic acids is 1. The van der Waals surface area contributed by atoms with Crippen molar-refractivity contribution in [3.63, 3.8) is 0 Å². The number of aromatic hydroxyl groups is 1. The summed E-state index contributed by atoms with van der Waals surface area (Å²) in [6.07, 6.45) is 5.13. The predicted molar refractivity (Wildman–Crippen MR) is 101 cm³/mol. The fourth-order valence-electron chi connectivity index (χ4n) is 4.89. The number of ether oxygens (including phenoxy) is 1. The topological polar surface area (TPSA) is 66.8 Å². The van der Waals surface area contributed by atoms with Gasteiger partial charge >= 0.3 is 5.97 Å². The molecule has 1 aromatic carbocycles. The highest BCUT2D eigenvalue weighted by molar-refractivity contribution is 5.89. The van der Waals surface area contributed by atoms with E-state index in [4.69, 9.17) is 4.74 Å². The van der Waals surface area contributed by atoms with Gasteiger partial charge in [-0.15, -0.1) is 0 Å². The standard InChI is InChI=1S/C22H30O4/c1-14(2)22(25)12-11-21(4)10-9-15(3)13-18(19(21)22)26-20(24)16-5-7-17(23)8-6-16/h5-9,14,18-19,23,25H,10-13H2,1-4H3/t18?,19?,21-,22+/m1/s1. The molecule has 0 aliphatic heterocycles. The minimum Gasteiger partial charge on any atom is -0.508 e. The second kappa shape index (κ2) is 6.73. The number of hydrogen-bond donors (Lipinski definition) is 2. The Kier molecular flexibility index (Phi) is 4.91. The SMILES string of the molecule is CC1=CC[C@]2(C)CC[C@](O)(C(C)C)C2C(OC(=O)c2ccc(O)cc2)C1. The van der Waals surface area contributed by atoms with Gasteiger partial charge in [0.1, 0.15) is 11.9 Å².